The molecule has 0 aliphatic rings. The number of rotatable bonds is 7. The van der Waals surface area contributed by atoms with E-state index < -0.39 is 0 Å². The highest BCUT2D eigenvalue weighted by Gasteiger charge is 2.06. The first-order valence-electron chi connectivity index (χ1n) is 5.91. The van der Waals surface area contributed by atoms with Gasteiger partial charge in [-0.25, -0.2) is 4.98 Å². The molecule has 1 atom stereocenters. The molecule has 3 nitrogen and oxygen atoms in total. The molecule has 0 aliphatic heterocycles. The summed E-state index contributed by atoms with van der Waals surface area (Å²) in [5, 5.41) is 0. The maximum absolute atomic E-state index is 5.60. The van der Waals surface area contributed by atoms with Crippen LogP contribution in [0.5, 0.6) is 0 Å². The van der Waals surface area contributed by atoms with Gasteiger partial charge in [0, 0.05) is 11.4 Å². The highest BCUT2D eigenvalue weighted by Crippen LogP contribution is 2.14. The molecule has 0 aromatic carbocycles. The van der Waals surface area contributed by atoms with E-state index in [0.717, 1.165) is 19.6 Å². The molecule has 0 aliphatic carbocycles. The van der Waals surface area contributed by atoms with Crippen molar-refractivity contribution in [2.75, 3.05) is 20.1 Å². The third kappa shape index (κ3) is 4.60. The second kappa shape index (κ2) is 6.99. The van der Waals surface area contributed by atoms with Gasteiger partial charge in [0.05, 0.1) is 11.2 Å². The number of aromatic nitrogens is 1. The zero-order chi connectivity index (χ0) is 12.0. The molecule has 4 heteroatoms. The fourth-order valence-electron chi connectivity index (χ4n) is 1.63. The molecule has 92 valence electrons. The normalized spacial score (nSPS) is 13.3. The Hall–Kier alpha value is -0.450. The van der Waals surface area contributed by atoms with Gasteiger partial charge >= 0.3 is 0 Å². The van der Waals surface area contributed by atoms with E-state index in [1.54, 1.807) is 11.3 Å². The first-order chi connectivity index (χ1) is 7.63. The lowest BCUT2D eigenvalue weighted by Crippen LogP contribution is -2.20. The van der Waals surface area contributed by atoms with E-state index in [9.17, 15) is 0 Å². The predicted octanol–water partition coefficient (Wildman–Crippen LogP) is 2.26. The minimum absolute atomic E-state index is 0.651. The predicted molar refractivity (Wildman–Crippen MR) is 70.6 cm³/mol. The SMILES string of the molecule is Cc1ncsc1CN(C)CCCC(C)CN. The molecule has 0 saturated carbocycles. The van der Waals surface area contributed by atoms with Crippen LogP contribution in [0.2, 0.25) is 0 Å². The van der Waals surface area contributed by atoms with Gasteiger partial charge in [-0.05, 0) is 45.8 Å². The highest BCUT2D eigenvalue weighted by atomic mass is 32.1. The standard InChI is InChI=1S/C12H23N3S/c1-10(7-13)5-4-6-15(3)8-12-11(2)14-9-16-12/h9-10H,4-8,13H2,1-3H3. The Morgan fingerprint density at radius 2 is 2.31 bits per heavy atom. The van der Waals surface area contributed by atoms with E-state index in [1.807, 2.05) is 5.51 Å². The van der Waals surface area contributed by atoms with Crippen LogP contribution in [0.3, 0.4) is 0 Å². The highest BCUT2D eigenvalue weighted by molar-refractivity contribution is 7.09. The smallest absolute Gasteiger partial charge is 0.0798 e. The summed E-state index contributed by atoms with van der Waals surface area (Å²) in [4.78, 5) is 8.02. The number of hydrogen-bond acceptors (Lipinski definition) is 4. The van der Waals surface area contributed by atoms with Gasteiger partial charge in [0.15, 0.2) is 0 Å². The Balaban J connectivity index is 2.21. The molecule has 0 bridgehead atoms. The van der Waals surface area contributed by atoms with E-state index in [-0.39, 0.29) is 0 Å². The van der Waals surface area contributed by atoms with Crippen LogP contribution in [0.15, 0.2) is 5.51 Å². The van der Waals surface area contributed by atoms with Crippen molar-refractivity contribution < 1.29 is 0 Å². The topological polar surface area (TPSA) is 42.2 Å². The summed E-state index contributed by atoms with van der Waals surface area (Å²) in [6.07, 6.45) is 2.45. The molecular weight excluding hydrogens is 218 g/mol. The lowest BCUT2D eigenvalue weighted by Gasteiger charge is -2.17. The van der Waals surface area contributed by atoms with Crippen molar-refractivity contribution in [2.24, 2.45) is 11.7 Å². The Kier molecular flexibility index (Phi) is 5.95. The first kappa shape index (κ1) is 13.6. The van der Waals surface area contributed by atoms with E-state index in [4.69, 9.17) is 5.73 Å². The van der Waals surface area contributed by atoms with Gasteiger partial charge in [0.1, 0.15) is 0 Å². The van der Waals surface area contributed by atoms with Crippen molar-refractivity contribution in [3.63, 3.8) is 0 Å². The maximum Gasteiger partial charge on any atom is 0.0798 e. The van der Waals surface area contributed by atoms with Crippen LogP contribution < -0.4 is 5.73 Å². The van der Waals surface area contributed by atoms with Gasteiger partial charge in [-0.3, -0.25) is 0 Å². The summed E-state index contributed by atoms with van der Waals surface area (Å²) >= 11 is 1.75. The van der Waals surface area contributed by atoms with Crippen molar-refractivity contribution >= 4 is 11.3 Å². The number of hydrogen-bond donors (Lipinski definition) is 1. The second-order valence-corrected chi connectivity index (χ2v) is 5.52. The summed E-state index contributed by atoms with van der Waals surface area (Å²) < 4.78 is 0. The molecule has 0 radical (unpaired) electrons. The number of nitrogens with zero attached hydrogens (tertiary/aromatic N) is 2. The van der Waals surface area contributed by atoms with E-state index in [1.165, 1.54) is 23.4 Å². The van der Waals surface area contributed by atoms with Gasteiger partial charge in [-0.1, -0.05) is 6.92 Å². The molecule has 0 amide bonds. The summed E-state index contributed by atoms with van der Waals surface area (Å²) in [5.74, 6) is 0.651. The van der Waals surface area contributed by atoms with Gasteiger partial charge in [-0.2, -0.15) is 0 Å². The fraction of sp³-hybridized carbons (Fsp3) is 0.750. The molecule has 2 N–H and O–H groups in total. The van der Waals surface area contributed by atoms with E-state index in [0.29, 0.717) is 5.92 Å². The van der Waals surface area contributed by atoms with Crippen LogP contribution in [-0.4, -0.2) is 30.0 Å². The van der Waals surface area contributed by atoms with Crippen LogP contribution >= 0.6 is 11.3 Å². The Morgan fingerprint density at radius 3 is 2.88 bits per heavy atom. The molecule has 1 heterocycles. The van der Waals surface area contributed by atoms with Gasteiger partial charge in [0.2, 0.25) is 0 Å². The lowest BCUT2D eigenvalue weighted by molar-refractivity contribution is 0.310. The zero-order valence-electron chi connectivity index (χ0n) is 10.6. The Morgan fingerprint density at radius 1 is 1.56 bits per heavy atom. The van der Waals surface area contributed by atoms with Gasteiger partial charge in [0.25, 0.3) is 0 Å². The van der Waals surface area contributed by atoms with Crippen LogP contribution in [0, 0.1) is 12.8 Å². The van der Waals surface area contributed by atoms with Crippen molar-refractivity contribution in [3.05, 3.63) is 16.1 Å². The zero-order valence-corrected chi connectivity index (χ0v) is 11.4. The van der Waals surface area contributed by atoms with Crippen molar-refractivity contribution in [2.45, 2.75) is 33.2 Å². The quantitative estimate of drug-likeness (QED) is 0.796. The monoisotopic (exact) mass is 241 g/mol. The minimum Gasteiger partial charge on any atom is -0.330 e. The number of thiazole rings is 1. The van der Waals surface area contributed by atoms with Crippen molar-refractivity contribution in [3.8, 4) is 0 Å². The summed E-state index contributed by atoms with van der Waals surface area (Å²) in [6, 6.07) is 0. The average molecular weight is 241 g/mol. The molecular formula is C12H23N3S. The fourth-order valence-corrected chi connectivity index (χ4v) is 2.49. The third-order valence-electron chi connectivity index (χ3n) is 2.90. The summed E-state index contributed by atoms with van der Waals surface area (Å²) in [6.45, 7) is 7.26. The Labute approximate surface area is 103 Å². The molecule has 0 saturated heterocycles. The summed E-state index contributed by atoms with van der Waals surface area (Å²) in [7, 11) is 2.17. The number of aryl methyl sites for hydroxylation is 1. The molecule has 1 aromatic heterocycles. The van der Waals surface area contributed by atoms with Crippen LogP contribution in [0.4, 0.5) is 0 Å². The second-order valence-electron chi connectivity index (χ2n) is 4.58. The van der Waals surface area contributed by atoms with E-state index in [2.05, 4.69) is 30.8 Å². The Bertz CT molecular complexity index is 298. The summed E-state index contributed by atoms with van der Waals surface area (Å²) in [5.41, 5.74) is 8.70. The average Bonchev–Trinajstić information content (AvgIpc) is 2.64. The molecule has 1 aromatic rings. The molecule has 1 unspecified atom stereocenters. The molecule has 16 heavy (non-hydrogen) atoms. The molecule has 1 rings (SSSR count). The molecule has 0 spiro atoms. The molecule has 0 fully saturated rings. The van der Waals surface area contributed by atoms with Crippen LogP contribution in [0.25, 0.3) is 0 Å². The lowest BCUT2D eigenvalue weighted by atomic mass is 10.1. The number of nitrogens with two attached hydrogens (primary N) is 1. The van der Waals surface area contributed by atoms with Crippen molar-refractivity contribution in [1.82, 2.24) is 9.88 Å². The van der Waals surface area contributed by atoms with Crippen LogP contribution in [-0.2, 0) is 6.54 Å². The largest absolute Gasteiger partial charge is 0.330 e. The van der Waals surface area contributed by atoms with Crippen molar-refractivity contribution in [1.29, 1.82) is 0 Å². The third-order valence-corrected chi connectivity index (χ3v) is 3.82. The van der Waals surface area contributed by atoms with Gasteiger partial charge in [-0.15, -0.1) is 11.3 Å². The minimum atomic E-state index is 0.651. The van der Waals surface area contributed by atoms with Crippen LogP contribution in [0.1, 0.15) is 30.3 Å². The first-order valence-corrected chi connectivity index (χ1v) is 6.79. The van der Waals surface area contributed by atoms with E-state index >= 15 is 0 Å². The maximum atomic E-state index is 5.60. The van der Waals surface area contributed by atoms with Gasteiger partial charge < -0.3 is 10.6 Å².